The number of aliphatic imine (C=N–C) groups is 1. The molecule has 2 rings (SSSR count). The molecule has 1 heterocycles. The van der Waals surface area contributed by atoms with E-state index in [4.69, 9.17) is 0 Å². The number of anilines is 1. The number of aromatic nitrogens is 2. The number of rotatable bonds is 9. The fourth-order valence-electron chi connectivity index (χ4n) is 2.44. The largest absolute Gasteiger partial charge is 0.356 e. The van der Waals surface area contributed by atoms with Gasteiger partial charge in [-0.2, -0.15) is 5.10 Å². The first kappa shape index (κ1) is 19.5. The van der Waals surface area contributed by atoms with Gasteiger partial charge in [0.05, 0.1) is 0 Å². The number of hydrogen-bond acceptors (Lipinski definition) is 3. The van der Waals surface area contributed by atoms with Crippen molar-refractivity contribution in [2.45, 2.75) is 39.3 Å². The van der Waals surface area contributed by atoms with Crippen LogP contribution in [0.3, 0.4) is 0 Å². The summed E-state index contributed by atoms with van der Waals surface area (Å²) in [4.78, 5) is 15.8. The van der Waals surface area contributed by atoms with E-state index in [0.717, 1.165) is 43.1 Å². The number of hydrogen-bond donors (Lipinski definition) is 3. The van der Waals surface area contributed by atoms with E-state index in [1.54, 1.807) is 13.2 Å². The van der Waals surface area contributed by atoms with E-state index in [1.165, 1.54) is 0 Å². The Balaban J connectivity index is 1.69. The quantitative estimate of drug-likeness (QED) is 0.366. The third-order valence-electron chi connectivity index (χ3n) is 3.81. The lowest BCUT2D eigenvalue weighted by molar-refractivity contribution is -0.116. The van der Waals surface area contributed by atoms with Crippen molar-refractivity contribution >= 4 is 17.6 Å². The molecule has 0 unspecified atom stereocenters. The molecule has 0 atom stereocenters. The highest BCUT2D eigenvalue weighted by Gasteiger charge is 2.02. The van der Waals surface area contributed by atoms with Crippen molar-refractivity contribution in [3.05, 3.63) is 48.3 Å². The van der Waals surface area contributed by atoms with Crippen LogP contribution in [0.2, 0.25) is 0 Å². The Morgan fingerprint density at radius 2 is 2.04 bits per heavy atom. The second kappa shape index (κ2) is 10.9. The van der Waals surface area contributed by atoms with Gasteiger partial charge < -0.3 is 16.0 Å². The number of nitrogens with zero attached hydrogens (tertiary/aromatic N) is 3. The molecule has 0 aliphatic carbocycles. The number of carbonyl (C=O) groups excluding carboxylic acids is 1. The lowest BCUT2D eigenvalue weighted by Gasteiger charge is -2.12. The van der Waals surface area contributed by atoms with E-state index < -0.39 is 0 Å². The fraction of sp³-hybridized carbons (Fsp3) is 0.421. The lowest BCUT2D eigenvalue weighted by atomic mass is 10.2. The Morgan fingerprint density at radius 3 is 2.69 bits per heavy atom. The second-order valence-corrected chi connectivity index (χ2v) is 5.97. The molecule has 7 nitrogen and oxygen atoms in total. The number of benzene rings is 1. The maximum absolute atomic E-state index is 11.6. The molecule has 0 aliphatic rings. The summed E-state index contributed by atoms with van der Waals surface area (Å²) in [6, 6.07) is 9.77. The Morgan fingerprint density at radius 1 is 1.23 bits per heavy atom. The SMILES string of the molecule is CCCC(=O)Nc1ccc(CNC(=NC)NCCCn2cccn2)cc1. The summed E-state index contributed by atoms with van der Waals surface area (Å²) in [6.45, 7) is 4.36. The molecular weight excluding hydrogens is 328 g/mol. The predicted molar refractivity (Wildman–Crippen MR) is 105 cm³/mol. The van der Waals surface area contributed by atoms with E-state index in [-0.39, 0.29) is 5.91 Å². The van der Waals surface area contributed by atoms with Gasteiger partial charge in [0.15, 0.2) is 5.96 Å². The molecule has 1 aromatic carbocycles. The smallest absolute Gasteiger partial charge is 0.224 e. The first-order valence-electron chi connectivity index (χ1n) is 9.02. The van der Waals surface area contributed by atoms with Crippen LogP contribution in [0.25, 0.3) is 0 Å². The van der Waals surface area contributed by atoms with Crippen LogP contribution in [0, 0.1) is 0 Å². The topological polar surface area (TPSA) is 83.3 Å². The van der Waals surface area contributed by atoms with Gasteiger partial charge >= 0.3 is 0 Å². The summed E-state index contributed by atoms with van der Waals surface area (Å²) < 4.78 is 1.92. The zero-order valence-electron chi connectivity index (χ0n) is 15.5. The van der Waals surface area contributed by atoms with Gasteiger partial charge in [-0.15, -0.1) is 0 Å². The van der Waals surface area contributed by atoms with Gasteiger partial charge in [-0.1, -0.05) is 19.1 Å². The van der Waals surface area contributed by atoms with Crippen LogP contribution < -0.4 is 16.0 Å². The Labute approximate surface area is 154 Å². The van der Waals surface area contributed by atoms with Crippen molar-refractivity contribution in [3.63, 3.8) is 0 Å². The summed E-state index contributed by atoms with van der Waals surface area (Å²) in [5.41, 5.74) is 1.95. The van der Waals surface area contributed by atoms with Gasteiger partial charge in [0.2, 0.25) is 5.91 Å². The lowest BCUT2D eigenvalue weighted by Crippen LogP contribution is -2.37. The summed E-state index contributed by atoms with van der Waals surface area (Å²) >= 11 is 0. The Kier molecular flexibility index (Phi) is 8.18. The standard InChI is InChI=1S/C19H28N6O/c1-3-6-18(26)24-17-9-7-16(8-10-17)15-22-19(20-2)21-11-4-13-25-14-5-12-23-25/h5,7-10,12,14H,3-4,6,11,13,15H2,1-2H3,(H,24,26)(H2,20,21,22). The number of guanidine groups is 1. The highest BCUT2D eigenvalue weighted by atomic mass is 16.1. The average molecular weight is 356 g/mol. The Hall–Kier alpha value is -2.83. The summed E-state index contributed by atoms with van der Waals surface area (Å²) in [7, 11) is 1.76. The van der Waals surface area contributed by atoms with Crippen LogP contribution in [0.15, 0.2) is 47.7 Å². The Bertz CT molecular complexity index is 679. The third-order valence-corrected chi connectivity index (χ3v) is 3.81. The van der Waals surface area contributed by atoms with Crippen molar-refractivity contribution in [1.82, 2.24) is 20.4 Å². The maximum atomic E-state index is 11.6. The molecule has 0 saturated heterocycles. The van der Waals surface area contributed by atoms with Gasteiger partial charge in [-0.25, -0.2) is 0 Å². The number of nitrogens with one attached hydrogen (secondary N) is 3. The van der Waals surface area contributed by atoms with Crippen molar-refractivity contribution in [1.29, 1.82) is 0 Å². The molecule has 1 amide bonds. The number of amides is 1. The van der Waals surface area contributed by atoms with E-state index in [2.05, 4.69) is 26.0 Å². The first-order chi connectivity index (χ1) is 12.7. The first-order valence-corrected chi connectivity index (χ1v) is 9.02. The van der Waals surface area contributed by atoms with Gasteiger partial charge in [0.1, 0.15) is 0 Å². The molecule has 26 heavy (non-hydrogen) atoms. The molecule has 7 heteroatoms. The summed E-state index contributed by atoms with van der Waals surface area (Å²) in [5, 5.41) is 13.7. The molecule has 0 saturated carbocycles. The van der Waals surface area contributed by atoms with Crippen molar-refractivity contribution in [3.8, 4) is 0 Å². The molecule has 0 fully saturated rings. The van der Waals surface area contributed by atoms with Crippen molar-refractivity contribution in [2.24, 2.45) is 4.99 Å². The third kappa shape index (κ3) is 6.96. The van der Waals surface area contributed by atoms with Gasteiger partial charge in [0, 0.05) is 51.2 Å². The van der Waals surface area contributed by atoms with Crippen molar-refractivity contribution in [2.75, 3.05) is 18.9 Å². The monoisotopic (exact) mass is 356 g/mol. The molecule has 2 aromatic rings. The van der Waals surface area contributed by atoms with Gasteiger partial charge in [-0.3, -0.25) is 14.5 Å². The second-order valence-electron chi connectivity index (χ2n) is 5.97. The van der Waals surface area contributed by atoms with Crippen LogP contribution in [0.4, 0.5) is 5.69 Å². The minimum Gasteiger partial charge on any atom is -0.356 e. The zero-order valence-corrected chi connectivity index (χ0v) is 15.5. The summed E-state index contributed by atoms with van der Waals surface area (Å²) in [6.07, 6.45) is 6.11. The fourth-order valence-corrected chi connectivity index (χ4v) is 2.44. The normalized spacial score (nSPS) is 11.2. The van der Waals surface area contributed by atoms with Crippen LogP contribution in [-0.4, -0.2) is 35.2 Å². The van der Waals surface area contributed by atoms with E-state index in [9.17, 15) is 4.79 Å². The van der Waals surface area contributed by atoms with Crippen molar-refractivity contribution < 1.29 is 4.79 Å². The number of aryl methyl sites for hydroxylation is 1. The molecule has 3 N–H and O–H groups in total. The maximum Gasteiger partial charge on any atom is 0.224 e. The molecule has 0 radical (unpaired) electrons. The predicted octanol–water partition coefficient (Wildman–Crippen LogP) is 2.38. The van der Waals surface area contributed by atoms with E-state index >= 15 is 0 Å². The van der Waals surface area contributed by atoms with Gasteiger partial charge in [0.25, 0.3) is 0 Å². The van der Waals surface area contributed by atoms with E-state index in [0.29, 0.717) is 13.0 Å². The van der Waals surface area contributed by atoms with Crippen LogP contribution in [-0.2, 0) is 17.9 Å². The average Bonchev–Trinajstić information content (AvgIpc) is 3.16. The highest BCUT2D eigenvalue weighted by Crippen LogP contribution is 2.10. The molecule has 140 valence electrons. The summed E-state index contributed by atoms with van der Waals surface area (Å²) in [5.74, 6) is 0.823. The van der Waals surface area contributed by atoms with Crippen LogP contribution >= 0.6 is 0 Å². The molecular formula is C19H28N6O. The van der Waals surface area contributed by atoms with Gasteiger partial charge in [-0.05, 0) is 36.6 Å². The zero-order chi connectivity index (χ0) is 18.6. The molecule has 0 aliphatic heterocycles. The molecule has 0 bridgehead atoms. The highest BCUT2D eigenvalue weighted by molar-refractivity contribution is 5.90. The minimum atomic E-state index is 0.0538. The minimum absolute atomic E-state index is 0.0538. The number of carbonyl (C=O) groups is 1. The van der Waals surface area contributed by atoms with E-state index in [1.807, 2.05) is 48.1 Å². The molecule has 0 spiro atoms. The van der Waals surface area contributed by atoms with Crippen LogP contribution in [0.5, 0.6) is 0 Å². The molecule has 1 aromatic heterocycles. The van der Waals surface area contributed by atoms with Crippen LogP contribution in [0.1, 0.15) is 31.7 Å².